The summed E-state index contributed by atoms with van der Waals surface area (Å²) in [7, 11) is 1.55. The van der Waals surface area contributed by atoms with Gasteiger partial charge >= 0.3 is 0 Å². The van der Waals surface area contributed by atoms with Crippen LogP contribution in [0.25, 0.3) is 0 Å². The predicted octanol–water partition coefficient (Wildman–Crippen LogP) is -0.194. The van der Waals surface area contributed by atoms with Gasteiger partial charge in [-0.3, -0.25) is 4.79 Å². The van der Waals surface area contributed by atoms with Gasteiger partial charge in [0.05, 0.1) is 6.61 Å². The molecule has 0 unspecified atom stereocenters. The van der Waals surface area contributed by atoms with Crippen LogP contribution < -0.4 is 0 Å². The Hall–Kier alpha value is -0.570. The van der Waals surface area contributed by atoms with Crippen LogP contribution in [0.2, 0.25) is 0 Å². The molecule has 42 valence electrons. The van der Waals surface area contributed by atoms with Crippen molar-refractivity contribution in [2.24, 2.45) is 0 Å². The Labute approximate surface area is 42.2 Å². The molecule has 0 aliphatic heterocycles. The molecule has 0 bridgehead atoms. The minimum atomic E-state index is 0.347. The van der Waals surface area contributed by atoms with Crippen LogP contribution in [0.15, 0.2) is 0 Å². The van der Waals surface area contributed by atoms with E-state index in [0.717, 1.165) is 0 Å². The van der Waals surface area contributed by atoms with Crippen molar-refractivity contribution in [3.8, 4) is 0 Å². The minimum absolute atomic E-state index is 0.347. The molecule has 3 nitrogen and oxygen atoms in total. The highest BCUT2D eigenvalue weighted by Crippen LogP contribution is 1.66. The summed E-state index contributed by atoms with van der Waals surface area (Å²) in [6, 6.07) is 0. The summed E-state index contributed by atoms with van der Waals surface area (Å²) in [5.41, 5.74) is 0. The van der Waals surface area contributed by atoms with Crippen LogP contribution >= 0.6 is 0 Å². The minimum Gasteiger partial charge on any atom is -0.465 e. The molecule has 0 aromatic rings. The highest BCUT2D eigenvalue weighted by Gasteiger charge is 1.77. The first-order chi connectivity index (χ1) is 3.41. The molecule has 3 heteroatoms. The number of methoxy groups -OCH3 is 1. The summed E-state index contributed by atoms with van der Waals surface area (Å²) < 4.78 is 8.83. The van der Waals surface area contributed by atoms with Crippen molar-refractivity contribution in [1.82, 2.24) is 0 Å². The molecule has 0 aliphatic rings. The Balaban J connectivity index is 2.56. The van der Waals surface area contributed by atoms with Crippen molar-refractivity contribution >= 4 is 6.47 Å². The first-order valence-corrected chi connectivity index (χ1v) is 1.96. The topological polar surface area (TPSA) is 35.5 Å². The summed E-state index contributed by atoms with van der Waals surface area (Å²) in [6.07, 6.45) is 0. The van der Waals surface area contributed by atoms with Crippen molar-refractivity contribution in [2.75, 3.05) is 20.3 Å². The van der Waals surface area contributed by atoms with Gasteiger partial charge in [0.2, 0.25) is 0 Å². The van der Waals surface area contributed by atoms with Crippen molar-refractivity contribution in [2.45, 2.75) is 0 Å². The van der Waals surface area contributed by atoms with E-state index in [1.165, 1.54) is 0 Å². The Bertz CT molecular complexity index is 44.2. The van der Waals surface area contributed by atoms with E-state index in [4.69, 9.17) is 0 Å². The highest BCUT2D eigenvalue weighted by molar-refractivity contribution is 5.36. The summed E-state index contributed by atoms with van der Waals surface area (Å²) in [4.78, 5) is 9.40. The normalized spacial score (nSPS) is 8.14. The van der Waals surface area contributed by atoms with E-state index in [1.54, 1.807) is 7.11 Å². The third kappa shape index (κ3) is 5.43. The molecule has 0 fully saturated rings. The average Bonchev–Trinajstić information content (AvgIpc) is 1.69. The van der Waals surface area contributed by atoms with E-state index in [-0.39, 0.29) is 0 Å². The fourth-order valence-electron chi connectivity index (χ4n) is 0.180. The molecule has 0 N–H and O–H groups in total. The van der Waals surface area contributed by atoms with Crippen molar-refractivity contribution in [3.63, 3.8) is 0 Å². The lowest BCUT2D eigenvalue weighted by Crippen LogP contribution is -1.98. The Morgan fingerprint density at radius 2 is 2.29 bits per heavy atom. The maximum absolute atomic E-state index is 9.40. The van der Waals surface area contributed by atoms with Gasteiger partial charge in [0, 0.05) is 7.11 Å². The van der Waals surface area contributed by atoms with Crippen molar-refractivity contribution in [3.05, 3.63) is 0 Å². The van der Waals surface area contributed by atoms with E-state index < -0.39 is 0 Å². The second-order valence-corrected chi connectivity index (χ2v) is 0.960. The molecule has 0 spiro atoms. The third-order valence-corrected chi connectivity index (χ3v) is 0.473. The molecule has 0 atom stereocenters. The second-order valence-electron chi connectivity index (χ2n) is 0.960. The van der Waals surface area contributed by atoms with E-state index in [2.05, 4.69) is 9.47 Å². The molecular weight excluding hydrogens is 96.0 g/mol. The van der Waals surface area contributed by atoms with Crippen LogP contribution in [0.5, 0.6) is 0 Å². The monoisotopic (exact) mass is 104 g/mol. The molecule has 0 saturated heterocycles. The molecule has 0 aliphatic carbocycles. The van der Waals surface area contributed by atoms with E-state index >= 15 is 0 Å². The molecule has 0 amide bonds. The zero-order valence-corrected chi connectivity index (χ0v) is 4.22. The number of hydrogen-bond donors (Lipinski definition) is 0. The predicted molar refractivity (Wildman–Crippen MR) is 23.9 cm³/mol. The zero-order valence-electron chi connectivity index (χ0n) is 4.22. The fourth-order valence-corrected chi connectivity index (χ4v) is 0.180. The largest absolute Gasteiger partial charge is 0.465 e. The molecule has 0 radical (unpaired) electrons. The number of ether oxygens (including phenoxy) is 2. The van der Waals surface area contributed by atoms with Crippen molar-refractivity contribution in [1.29, 1.82) is 0 Å². The lowest BCUT2D eigenvalue weighted by molar-refractivity contribution is -0.129. The van der Waals surface area contributed by atoms with Crippen LogP contribution in [-0.4, -0.2) is 26.8 Å². The molecule has 0 rings (SSSR count). The maximum Gasteiger partial charge on any atom is 0.293 e. The molecule has 0 saturated carbocycles. The fraction of sp³-hybridized carbons (Fsp3) is 0.750. The van der Waals surface area contributed by atoms with Gasteiger partial charge in [-0.05, 0) is 0 Å². The third-order valence-electron chi connectivity index (χ3n) is 0.473. The van der Waals surface area contributed by atoms with E-state index in [1.807, 2.05) is 0 Å². The smallest absolute Gasteiger partial charge is 0.293 e. The summed E-state index contributed by atoms with van der Waals surface area (Å²) in [5.74, 6) is 0. The zero-order chi connectivity index (χ0) is 5.54. The Morgan fingerprint density at radius 3 is 2.71 bits per heavy atom. The van der Waals surface area contributed by atoms with Gasteiger partial charge in [0.15, 0.2) is 0 Å². The van der Waals surface area contributed by atoms with Crippen LogP contribution in [0.4, 0.5) is 0 Å². The lowest BCUT2D eigenvalue weighted by atomic mass is 10.8. The van der Waals surface area contributed by atoms with Gasteiger partial charge in [-0.2, -0.15) is 0 Å². The van der Waals surface area contributed by atoms with Gasteiger partial charge in [0.25, 0.3) is 6.47 Å². The van der Waals surface area contributed by atoms with Gasteiger partial charge in [0.1, 0.15) is 6.61 Å². The number of rotatable bonds is 4. The van der Waals surface area contributed by atoms with Gasteiger partial charge in [-0.15, -0.1) is 0 Å². The van der Waals surface area contributed by atoms with Crippen LogP contribution in [-0.2, 0) is 14.3 Å². The molecule has 0 aromatic carbocycles. The second kappa shape index (κ2) is 5.43. The summed E-state index contributed by atoms with van der Waals surface area (Å²) >= 11 is 0. The first kappa shape index (κ1) is 6.43. The summed E-state index contributed by atoms with van der Waals surface area (Å²) in [6.45, 7) is 1.22. The lowest BCUT2D eigenvalue weighted by Gasteiger charge is -1.92. The van der Waals surface area contributed by atoms with Crippen LogP contribution in [0.3, 0.4) is 0 Å². The SMILES string of the molecule is COCCOC=O. The average molecular weight is 104 g/mol. The first-order valence-electron chi connectivity index (χ1n) is 1.96. The number of hydrogen-bond acceptors (Lipinski definition) is 3. The summed E-state index contributed by atoms with van der Waals surface area (Å²) in [5, 5.41) is 0. The van der Waals surface area contributed by atoms with E-state index in [9.17, 15) is 4.79 Å². The maximum atomic E-state index is 9.40. The molecular formula is C4H8O3. The highest BCUT2D eigenvalue weighted by atomic mass is 16.5. The van der Waals surface area contributed by atoms with E-state index in [0.29, 0.717) is 19.7 Å². The molecule has 0 heterocycles. The Kier molecular flexibility index (Phi) is 4.99. The standard InChI is InChI=1S/C4H8O3/c1-6-2-3-7-4-5/h4H,2-3H2,1H3. The number of carbonyl (C=O) groups is 1. The van der Waals surface area contributed by atoms with Crippen LogP contribution in [0, 0.1) is 0 Å². The van der Waals surface area contributed by atoms with Gasteiger partial charge in [-0.1, -0.05) is 0 Å². The molecule has 7 heavy (non-hydrogen) atoms. The number of carbonyl (C=O) groups excluding carboxylic acids is 1. The van der Waals surface area contributed by atoms with Gasteiger partial charge in [-0.25, -0.2) is 0 Å². The van der Waals surface area contributed by atoms with Gasteiger partial charge < -0.3 is 9.47 Å². The quantitative estimate of drug-likeness (QED) is 0.366. The molecule has 0 aromatic heterocycles. The van der Waals surface area contributed by atoms with Crippen molar-refractivity contribution < 1.29 is 14.3 Å². The van der Waals surface area contributed by atoms with Crippen LogP contribution in [0.1, 0.15) is 0 Å². The Morgan fingerprint density at radius 1 is 1.57 bits per heavy atom.